The van der Waals surface area contributed by atoms with Gasteiger partial charge in [-0.15, -0.1) is 0 Å². The molecule has 1 fully saturated rings. The zero-order chi connectivity index (χ0) is 12.8. The fourth-order valence-corrected chi connectivity index (χ4v) is 2.22. The van der Waals surface area contributed by atoms with E-state index in [2.05, 4.69) is 4.90 Å². The normalized spacial score (nSPS) is 16.7. The molecular weight excluding hydrogens is 232 g/mol. The molecule has 0 unspecified atom stereocenters. The van der Waals surface area contributed by atoms with Crippen molar-refractivity contribution in [1.82, 2.24) is 4.90 Å². The lowest BCUT2D eigenvalue weighted by molar-refractivity contribution is -0.385. The van der Waals surface area contributed by atoms with Gasteiger partial charge < -0.3 is 4.74 Å². The molecule has 1 saturated heterocycles. The second-order valence-electron chi connectivity index (χ2n) is 4.44. The van der Waals surface area contributed by atoms with Crippen LogP contribution in [0.25, 0.3) is 0 Å². The van der Waals surface area contributed by atoms with Crippen molar-refractivity contribution >= 4 is 5.69 Å². The number of nitro groups is 1. The molecule has 1 heterocycles. The Morgan fingerprint density at radius 2 is 2.00 bits per heavy atom. The molecule has 0 saturated carbocycles. The van der Waals surface area contributed by atoms with Gasteiger partial charge in [0.1, 0.15) is 0 Å². The van der Waals surface area contributed by atoms with Crippen LogP contribution in [-0.4, -0.2) is 42.7 Å². The predicted molar refractivity (Wildman–Crippen MR) is 68.7 cm³/mol. The van der Waals surface area contributed by atoms with Gasteiger partial charge in [0.25, 0.3) is 5.69 Å². The maximum Gasteiger partial charge on any atom is 0.272 e. The molecule has 5 nitrogen and oxygen atoms in total. The number of rotatable bonds is 5. The molecule has 18 heavy (non-hydrogen) atoms. The van der Waals surface area contributed by atoms with E-state index in [0.29, 0.717) is 0 Å². The first-order valence-corrected chi connectivity index (χ1v) is 6.30. The summed E-state index contributed by atoms with van der Waals surface area (Å²) in [5.41, 5.74) is 1.07. The Morgan fingerprint density at radius 1 is 1.28 bits per heavy atom. The smallest absolute Gasteiger partial charge is 0.272 e. The van der Waals surface area contributed by atoms with E-state index in [1.54, 1.807) is 12.1 Å². The van der Waals surface area contributed by atoms with E-state index < -0.39 is 0 Å². The van der Waals surface area contributed by atoms with Crippen molar-refractivity contribution in [3.05, 3.63) is 39.9 Å². The number of hydrogen-bond acceptors (Lipinski definition) is 4. The highest BCUT2D eigenvalue weighted by molar-refractivity contribution is 5.39. The van der Waals surface area contributed by atoms with Crippen LogP contribution < -0.4 is 0 Å². The average molecular weight is 250 g/mol. The summed E-state index contributed by atoms with van der Waals surface area (Å²) in [5.74, 6) is 0. The van der Waals surface area contributed by atoms with Gasteiger partial charge in [-0.3, -0.25) is 15.0 Å². The molecule has 0 bridgehead atoms. The van der Waals surface area contributed by atoms with E-state index >= 15 is 0 Å². The van der Waals surface area contributed by atoms with Gasteiger partial charge in [0.05, 0.1) is 18.1 Å². The Labute approximate surface area is 107 Å². The van der Waals surface area contributed by atoms with Gasteiger partial charge in [-0.25, -0.2) is 0 Å². The zero-order valence-corrected chi connectivity index (χ0v) is 10.4. The summed E-state index contributed by atoms with van der Waals surface area (Å²) in [6, 6.07) is 6.99. The SMILES string of the molecule is O=[N+]([O-])c1ccccc1CCCN1CCOCC1. The summed E-state index contributed by atoms with van der Waals surface area (Å²) < 4.78 is 5.28. The van der Waals surface area contributed by atoms with Crippen molar-refractivity contribution in [2.24, 2.45) is 0 Å². The van der Waals surface area contributed by atoms with Crippen LogP contribution in [0.5, 0.6) is 0 Å². The number of ether oxygens (including phenoxy) is 1. The standard InChI is InChI=1S/C13H18N2O3/c16-15(17)13-6-2-1-4-12(13)5-3-7-14-8-10-18-11-9-14/h1-2,4,6H,3,5,7-11H2. The lowest BCUT2D eigenvalue weighted by Gasteiger charge is -2.26. The molecule has 5 heteroatoms. The summed E-state index contributed by atoms with van der Waals surface area (Å²) >= 11 is 0. The first kappa shape index (κ1) is 13.0. The third-order valence-electron chi connectivity index (χ3n) is 3.21. The number of nitro benzene ring substituents is 1. The maximum absolute atomic E-state index is 10.9. The molecule has 1 aliphatic rings. The highest BCUT2D eigenvalue weighted by atomic mass is 16.6. The average Bonchev–Trinajstić information content (AvgIpc) is 2.40. The Bertz CT molecular complexity index is 403. The van der Waals surface area contributed by atoms with E-state index in [4.69, 9.17) is 4.74 Å². The fraction of sp³-hybridized carbons (Fsp3) is 0.538. The molecule has 1 aromatic carbocycles. The number of benzene rings is 1. The highest BCUT2D eigenvalue weighted by Gasteiger charge is 2.13. The van der Waals surface area contributed by atoms with E-state index in [9.17, 15) is 10.1 Å². The minimum Gasteiger partial charge on any atom is -0.379 e. The Kier molecular flexibility index (Phi) is 4.66. The highest BCUT2D eigenvalue weighted by Crippen LogP contribution is 2.19. The summed E-state index contributed by atoms with van der Waals surface area (Å²) in [5, 5.41) is 10.9. The summed E-state index contributed by atoms with van der Waals surface area (Å²) in [7, 11) is 0. The Hall–Kier alpha value is -1.46. The summed E-state index contributed by atoms with van der Waals surface area (Å²) in [6.07, 6.45) is 1.71. The van der Waals surface area contributed by atoms with Gasteiger partial charge in [0, 0.05) is 24.7 Å². The number of hydrogen-bond donors (Lipinski definition) is 0. The van der Waals surface area contributed by atoms with Crippen LogP contribution in [0, 0.1) is 10.1 Å². The van der Waals surface area contributed by atoms with E-state index in [-0.39, 0.29) is 10.6 Å². The van der Waals surface area contributed by atoms with Crippen LogP contribution >= 0.6 is 0 Å². The van der Waals surface area contributed by atoms with Gasteiger partial charge in [0.2, 0.25) is 0 Å². The summed E-state index contributed by atoms with van der Waals surface area (Å²) in [6.45, 7) is 4.51. The van der Waals surface area contributed by atoms with Crippen LogP contribution in [0.15, 0.2) is 24.3 Å². The minimum atomic E-state index is -0.302. The van der Waals surface area contributed by atoms with Crippen LogP contribution in [-0.2, 0) is 11.2 Å². The molecule has 0 aromatic heterocycles. The number of nitrogens with zero attached hydrogens (tertiary/aromatic N) is 2. The van der Waals surface area contributed by atoms with Crippen molar-refractivity contribution in [2.45, 2.75) is 12.8 Å². The van der Waals surface area contributed by atoms with E-state index in [0.717, 1.165) is 51.3 Å². The van der Waals surface area contributed by atoms with Gasteiger partial charge >= 0.3 is 0 Å². The van der Waals surface area contributed by atoms with Gasteiger partial charge in [0.15, 0.2) is 0 Å². The Morgan fingerprint density at radius 3 is 2.72 bits per heavy atom. The quantitative estimate of drug-likeness (QED) is 0.591. The molecular formula is C13H18N2O3. The van der Waals surface area contributed by atoms with Crippen LogP contribution in [0.4, 0.5) is 5.69 Å². The largest absolute Gasteiger partial charge is 0.379 e. The maximum atomic E-state index is 10.9. The third kappa shape index (κ3) is 3.51. The van der Waals surface area contributed by atoms with Gasteiger partial charge in [-0.05, 0) is 19.4 Å². The first-order valence-electron chi connectivity index (χ1n) is 6.30. The van der Waals surface area contributed by atoms with Crippen molar-refractivity contribution in [1.29, 1.82) is 0 Å². The molecule has 2 rings (SSSR count). The lowest BCUT2D eigenvalue weighted by Crippen LogP contribution is -2.36. The molecule has 0 atom stereocenters. The molecule has 98 valence electrons. The molecule has 1 aromatic rings. The second kappa shape index (κ2) is 6.47. The van der Waals surface area contributed by atoms with Crippen molar-refractivity contribution in [3.63, 3.8) is 0 Å². The van der Waals surface area contributed by atoms with Crippen molar-refractivity contribution < 1.29 is 9.66 Å². The van der Waals surface area contributed by atoms with Crippen molar-refractivity contribution in [3.8, 4) is 0 Å². The minimum absolute atomic E-state index is 0.236. The number of morpholine rings is 1. The topological polar surface area (TPSA) is 55.6 Å². The molecule has 1 aliphatic heterocycles. The van der Waals surface area contributed by atoms with Crippen LogP contribution in [0.3, 0.4) is 0 Å². The second-order valence-corrected chi connectivity index (χ2v) is 4.44. The van der Waals surface area contributed by atoms with Gasteiger partial charge in [-0.2, -0.15) is 0 Å². The molecule has 0 N–H and O–H groups in total. The number of aryl methyl sites for hydroxylation is 1. The molecule has 0 spiro atoms. The zero-order valence-electron chi connectivity index (χ0n) is 10.4. The van der Waals surface area contributed by atoms with Crippen LogP contribution in [0.2, 0.25) is 0 Å². The monoisotopic (exact) mass is 250 g/mol. The fourth-order valence-electron chi connectivity index (χ4n) is 2.22. The third-order valence-corrected chi connectivity index (χ3v) is 3.21. The first-order chi connectivity index (χ1) is 8.77. The van der Waals surface area contributed by atoms with Crippen molar-refractivity contribution in [2.75, 3.05) is 32.8 Å². The van der Waals surface area contributed by atoms with E-state index in [1.165, 1.54) is 0 Å². The molecule has 0 amide bonds. The van der Waals surface area contributed by atoms with Crippen LogP contribution in [0.1, 0.15) is 12.0 Å². The number of para-hydroxylation sites is 1. The predicted octanol–water partition coefficient (Wildman–Crippen LogP) is 1.86. The van der Waals surface area contributed by atoms with E-state index in [1.807, 2.05) is 12.1 Å². The summed E-state index contributed by atoms with van der Waals surface area (Å²) in [4.78, 5) is 12.9. The Balaban J connectivity index is 1.84. The molecule has 0 radical (unpaired) electrons. The lowest BCUT2D eigenvalue weighted by atomic mass is 10.1. The molecule has 0 aliphatic carbocycles. The van der Waals surface area contributed by atoms with Gasteiger partial charge in [-0.1, -0.05) is 18.2 Å².